The summed E-state index contributed by atoms with van der Waals surface area (Å²) in [6.07, 6.45) is 3.54. The van der Waals surface area contributed by atoms with Gasteiger partial charge >= 0.3 is 0 Å². The molecule has 0 aromatic heterocycles. The van der Waals surface area contributed by atoms with Crippen molar-refractivity contribution in [2.75, 3.05) is 20.1 Å². The van der Waals surface area contributed by atoms with Gasteiger partial charge in [0.1, 0.15) is 5.54 Å². The average molecular weight is 223 g/mol. The molecule has 0 aromatic rings. The van der Waals surface area contributed by atoms with Gasteiger partial charge in [0, 0.05) is 12.6 Å². The molecule has 3 nitrogen and oxygen atoms in total. The van der Waals surface area contributed by atoms with Crippen LogP contribution in [0.4, 0.5) is 0 Å². The molecule has 92 valence electrons. The normalized spacial score (nSPS) is 21.5. The maximum absolute atomic E-state index is 9.48. The Morgan fingerprint density at radius 3 is 2.50 bits per heavy atom. The number of hydrogen-bond acceptors (Lipinski definition) is 3. The summed E-state index contributed by atoms with van der Waals surface area (Å²) in [5, 5.41) is 12.9. The molecule has 0 saturated heterocycles. The molecular weight excluding hydrogens is 198 g/mol. The van der Waals surface area contributed by atoms with Crippen LogP contribution < -0.4 is 5.32 Å². The summed E-state index contributed by atoms with van der Waals surface area (Å²) in [6.45, 7) is 8.22. The predicted molar refractivity (Wildman–Crippen MR) is 67.1 cm³/mol. The zero-order valence-corrected chi connectivity index (χ0v) is 11.1. The van der Waals surface area contributed by atoms with Crippen molar-refractivity contribution in [1.29, 1.82) is 5.26 Å². The highest BCUT2D eigenvalue weighted by molar-refractivity contribution is 5.16. The van der Waals surface area contributed by atoms with Crippen molar-refractivity contribution in [2.45, 2.75) is 51.6 Å². The molecule has 0 aliphatic heterocycles. The highest BCUT2D eigenvalue weighted by atomic mass is 15.2. The van der Waals surface area contributed by atoms with Crippen molar-refractivity contribution in [3.63, 3.8) is 0 Å². The van der Waals surface area contributed by atoms with Crippen LogP contribution in [0.5, 0.6) is 0 Å². The molecule has 0 bridgehead atoms. The van der Waals surface area contributed by atoms with Gasteiger partial charge in [0.25, 0.3) is 0 Å². The number of hydrogen-bond donors (Lipinski definition) is 1. The number of nitriles is 1. The Labute approximate surface area is 99.8 Å². The van der Waals surface area contributed by atoms with E-state index in [2.05, 4.69) is 44.1 Å². The van der Waals surface area contributed by atoms with Gasteiger partial charge < -0.3 is 4.90 Å². The first-order valence-corrected chi connectivity index (χ1v) is 6.46. The van der Waals surface area contributed by atoms with Crippen LogP contribution in [0.2, 0.25) is 0 Å². The fourth-order valence-electron chi connectivity index (χ4n) is 2.25. The Bertz CT molecular complexity index is 254. The molecule has 1 N–H and O–H groups in total. The highest BCUT2D eigenvalue weighted by Gasteiger charge is 2.46. The van der Waals surface area contributed by atoms with Crippen LogP contribution in [0.3, 0.4) is 0 Å². The van der Waals surface area contributed by atoms with Crippen LogP contribution in [-0.4, -0.2) is 36.6 Å². The summed E-state index contributed by atoms with van der Waals surface area (Å²) in [4.78, 5) is 2.31. The van der Waals surface area contributed by atoms with Gasteiger partial charge in [-0.2, -0.15) is 5.26 Å². The molecule has 0 spiro atoms. The molecule has 1 rings (SSSR count). The SMILES string of the molecule is CCNC(C#N)(CN(C)C(C)CC)C1CC1. The maximum atomic E-state index is 9.48. The fourth-order valence-corrected chi connectivity index (χ4v) is 2.25. The lowest BCUT2D eigenvalue weighted by Gasteiger charge is -2.35. The zero-order chi connectivity index (χ0) is 12.2. The van der Waals surface area contributed by atoms with Gasteiger partial charge in [-0.05, 0) is 45.7 Å². The quantitative estimate of drug-likeness (QED) is 0.717. The monoisotopic (exact) mass is 223 g/mol. The summed E-state index contributed by atoms with van der Waals surface area (Å²) >= 11 is 0. The largest absolute Gasteiger partial charge is 0.301 e. The van der Waals surface area contributed by atoms with Gasteiger partial charge in [0.2, 0.25) is 0 Å². The van der Waals surface area contributed by atoms with Gasteiger partial charge in [0.15, 0.2) is 0 Å². The number of likely N-dealkylation sites (N-methyl/N-ethyl adjacent to an activating group) is 2. The van der Waals surface area contributed by atoms with Crippen LogP contribution in [0.1, 0.15) is 40.0 Å². The van der Waals surface area contributed by atoms with E-state index in [1.54, 1.807) is 0 Å². The number of nitrogens with one attached hydrogen (secondary N) is 1. The molecular formula is C13H25N3. The molecule has 1 aliphatic rings. The summed E-state index contributed by atoms with van der Waals surface area (Å²) in [7, 11) is 2.12. The van der Waals surface area contributed by atoms with Crippen LogP contribution in [0.15, 0.2) is 0 Å². The van der Waals surface area contributed by atoms with Crippen LogP contribution in [0, 0.1) is 17.2 Å². The summed E-state index contributed by atoms with van der Waals surface area (Å²) in [5.74, 6) is 0.559. The Morgan fingerprint density at radius 2 is 2.12 bits per heavy atom. The van der Waals surface area contributed by atoms with Crippen LogP contribution >= 0.6 is 0 Å². The standard InChI is InChI=1S/C13H25N3/c1-5-11(3)16(4)10-13(9-14,15-6-2)12-7-8-12/h11-12,15H,5-8,10H2,1-4H3. The van der Waals surface area contributed by atoms with E-state index in [1.165, 1.54) is 12.8 Å². The topological polar surface area (TPSA) is 39.1 Å². The Balaban J connectivity index is 2.66. The fraction of sp³-hybridized carbons (Fsp3) is 0.923. The van der Waals surface area contributed by atoms with Gasteiger partial charge in [-0.15, -0.1) is 0 Å². The number of nitrogens with zero attached hydrogens (tertiary/aromatic N) is 2. The molecule has 16 heavy (non-hydrogen) atoms. The van der Waals surface area contributed by atoms with E-state index in [0.29, 0.717) is 12.0 Å². The first-order chi connectivity index (χ1) is 7.59. The van der Waals surface area contributed by atoms with E-state index in [9.17, 15) is 5.26 Å². The van der Waals surface area contributed by atoms with Crippen molar-refractivity contribution < 1.29 is 0 Å². The molecule has 0 amide bonds. The van der Waals surface area contributed by atoms with Gasteiger partial charge in [-0.25, -0.2) is 0 Å². The lowest BCUT2D eigenvalue weighted by Crippen LogP contribution is -2.55. The van der Waals surface area contributed by atoms with E-state index in [0.717, 1.165) is 19.5 Å². The molecule has 1 saturated carbocycles. The van der Waals surface area contributed by atoms with Gasteiger partial charge in [0.05, 0.1) is 6.07 Å². The Hall–Kier alpha value is -0.590. The minimum atomic E-state index is -0.313. The second kappa shape index (κ2) is 5.65. The van der Waals surface area contributed by atoms with Crippen molar-refractivity contribution in [2.24, 2.45) is 5.92 Å². The van der Waals surface area contributed by atoms with E-state index < -0.39 is 0 Å². The second-order valence-corrected chi connectivity index (χ2v) is 5.06. The van der Waals surface area contributed by atoms with Crippen molar-refractivity contribution in [3.05, 3.63) is 0 Å². The molecule has 2 unspecified atom stereocenters. The number of rotatable bonds is 7. The summed E-state index contributed by atoms with van der Waals surface area (Å²) in [5.41, 5.74) is -0.313. The molecule has 2 atom stereocenters. The van der Waals surface area contributed by atoms with Crippen LogP contribution in [0.25, 0.3) is 0 Å². The van der Waals surface area contributed by atoms with E-state index in [4.69, 9.17) is 0 Å². The van der Waals surface area contributed by atoms with E-state index >= 15 is 0 Å². The lowest BCUT2D eigenvalue weighted by molar-refractivity contribution is 0.184. The van der Waals surface area contributed by atoms with Crippen molar-refractivity contribution in [3.8, 4) is 6.07 Å². The van der Waals surface area contributed by atoms with Crippen molar-refractivity contribution in [1.82, 2.24) is 10.2 Å². The molecule has 3 heteroatoms. The third-order valence-corrected chi connectivity index (χ3v) is 3.81. The second-order valence-electron chi connectivity index (χ2n) is 5.06. The first kappa shape index (κ1) is 13.5. The maximum Gasteiger partial charge on any atom is 0.122 e. The molecule has 1 aliphatic carbocycles. The third kappa shape index (κ3) is 2.96. The molecule has 0 radical (unpaired) electrons. The summed E-state index contributed by atoms with van der Waals surface area (Å²) in [6, 6.07) is 3.08. The molecule has 0 aromatic carbocycles. The Morgan fingerprint density at radius 1 is 1.50 bits per heavy atom. The smallest absolute Gasteiger partial charge is 0.122 e. The van der Waals surface area contributed by atoms with Gasteiger partial charge in [-0.3, -0.25) is 5.32 Å². The first-order valence-electron chi connectivity index (χ1n) is 6.46. The lowest BCUT2D eigenvalue weighted by atomic mass is 9.93. The zero-order valence-electron chi connectivity index (χ0n) is 11.1. The predicted octanol–water partition coefficient (Wildman–Crippen LogP) is 2.00. The van der Waals surface area contributed by atoms with Crippen LogP contribution in [-0.2, 0) is 0 Å². The summed E-state index contributed by atoms with van der Waals surface area (Å²) < 4.78 is 0. The van der Waals surface area contributed by atoms with Gasteiger partial charge in [-0.1, -0.05) is 13.8 Å². The highest BCUT2D eigenvalue weighted by Crippen LogP contribution is 2.40. The Kier molecular flexibility index (Phi) is 4.76. The third-order valence-electron chi connectivity index (χ3n) is 3.81. The minimum Gasteiger partial charge on any atom is -0.301 e. The average Bonchev–Trinajstić information content (AvgIpc) is 3.11. The van der Waals surface area contributed by atoms with Crippen molar-refractivity contribution >= 4 is 0 Å². The minimum absolute atomic E-state index is 0.313. The van der Waals surface area contributed by atoms with E-state index in [1.807, 2.05) is 0 Å². The molecule has 1 fully saturated rings. The van der Waals surface area contributed by atoms with E-state index in [-0.39, 0.29) is 5.54 Å². The molecule has 0 heterocycles.